The first-order chi connectivity index (χ1) is 13.3. The van der Waals surface area contributed by atoms with E-state index in [1.807, 2.05) is 32.0 Å². The zero-order valence-electron chi connectivity index (χ0n) is 15.9. The van der Waals surface area contributed by atoms with Gasteiger partial charge >= 0.3 is 0 Å². The van der Waals surface area contributed by atoms with E-state index in [1.54, 1.807) is 42.5 Å². The second kappa shape index (κ2) is 6.49. The maximum atomic E-state index is 12.8. The molecule has 3 aromatic rings. The van der Waals surface area contributed by atoms with E-state index in [0.29, 0.717) is 16.8 Å². The average molecular weight is 392 g/mol. The molecule has 3 aromatic carbocycles. The van der Waals surface area contributed by atoms with Crippen LogP contribution in [0.5, 0.6) is 0 Å². The lowest BCUT2D eigenvalue weighted by Crippen LogP contribution is -2.30. The van der Waals surface area contributed by atoms with Gasteiger partial charge in [-0.25, -0.2) is 8.42 Å². The Hall–Kier alpha value is -3.12. The number of anilines is 2. The SMILES string of the molecule is Cc1ccc(C)c(NC(=O)c2ccc3c(c2)-c2ccccc2S(=O)(=O)N3C)c1. The zero-order valence-corrected chi connectivity index (χ0v) is 16.7. The van der Waals surface area contributed by atoms with Crippen molar-refractivity contribution in [2.45, 2.75) is 18.7 Å². The lowest BCUT2D eigenvalue weighted by molar-refractivity contribution is 0.102. The van der Waals surface area contributed by atoms with Gasteiger partial charge in [0.15, 0.2) is 0 Å². The van der Waals surface area contributed by atoms with Crippen molar-refractivity contribution in [3.05, 3.63) is 77.4 Å². The molecule has 28 heavy (non-hydrogen) atoms. The summed E-state index contributed by atoms with van der Waals surface area (Å²) in [4.78, 5) is 13.1. The number of aryl methyl sites for hydroxylation is 2. The van der Waals surface area contributed by atoms with Gasteiger partial charge in [0, 0.05) is 29.4 Å². The van der Waals surface area contributed by atoms with Crippen molar-refractivity contribution >= 4 is 27.3 Å². The number of benzene rings is 3. The second-order valence-corrected chi connectivity index (χ2v) is 8.91. The molecule has 0 bridgehead atoms. The van der Waals surface area contributed by atoms with Crippen LogP contribution in [-0.2, 0) is 10.0 Å². The number of sulfonamides is 1. The van der Waals surface area contributed by atoms with Crippen LogP contribution in [0.4, 0.5) is 11.4 Å². The standard InChI is InChI=1S/C22H20N2O3S/c1-14-8-9-15(2)19(12-14)23-22(25)16-10-11-20-18(13-16)17-6-4-5-7-21(17)28(26,27)24(20)3/h4-13H,1-3H3,(H,23,25). The molecule has 1 heterocycles. The van der Waals surface area contributed by atoms with Crippen molar-refractivity contribution < 1.29 is 13.2 Å². The van der Waals surface area contributed by atoms with Crippen LogP contribution < -0.4 is 9.62 Å². The van der Waals surface area contributed by atoms with Gasteiger partial charge in [-0.2, -0.15) is 0 Å². The Balaban J connectivity index is 1.78. The molecule has 0 saturated heterocycles. The Morgan fingerprint density at radius 2 is 1.68 bits per heavy atom. The molecule has 5 nitrogen and oxygen atoms in total. The maximum absolute atomic E-state index is 12.8. The quantitative estimate of drug-likeness (QED) is 0.705. The molecule has 0 fully saturated rings. The fraction of sp³-hybridized carbons (Fsp3) is 0.136. The van der Waals surface area contributed by atoms with Gasteiger partial charge in [0.25, 0.3) is 15.9 Å². The monoisotopic (exact) mass is 392 g/mol. The van der Waals surface area contributed by atoms with Crippen LogP contribution in [0.25, 0.3) is 11.1 Å². The highest BCUT2D eigenvalue weighted by atomic mass is 32.2. The predicted octanol–water partition coefficient (Wildman–Crippen LogP) is 4.36. The van der Waals surface area contributed by atoms with Crippen LogP contribution in [0, 0.1) is 13.8 Å². The number of fused-ring (bicyclic) bond motifs is 3. The van der Waals surface area contributed by atoms with Gasteiger partial charge in [-0.05, 0) is 55.3 Å². The van der Waals surface area contributed by atoms with Gasteiger partial charge in [0.1, 0.15) is 0 Å². The molecule has 1 aliphatic heterocycles. The van der Waals surface area contributed by atoms with Crippen LogP contribution >= 0.6 is 0 Å². The normalized spacial score (nSPS) is 14.2. The second-order valence-electron chi connectivity index (χ2n) is 6.97. The predicted molar refractivity (Wildman–Crippen MR) is 111 cm³/mol. The lowest BCUT2D eigenvalue weighted by Gasteiger charge is -2.29. The van der Waals surface area contributed by atoms with Crippen LogP contribution in [0.15, 0.2) is 65.6 Å². The van der Waals surface area contributed by atoms with E-state index in [2.05, 4.69) is 5.32 Å². The third kappa shape index (κ3) is 2.86. The van der Waals surface area contributed by atoms with Gasteiger partial charge in [0.05, 0.1) is 10.6 Å². The highest BCUT2D eigenvalue weighted by Crippen LogP contribution is 2.42. The molecule has 0 spiro atoms. The minimum Gasteiger partial charge on any atom is -0.322 e. The van der Waals surface area contributed by atoms with Gasteiger partial charge in [-0.1, -0.05) is 30.3 Å². The number of carbonyl (C=O) groups is 1. The first-order valence-corrected chi connectivity index (χ1v) is 10.3. The topological polar surface area (TPSA) is 66.5 Å². The van der Waals surface area contributed by atoms with E-state index in [9.17, 15) is 13.2 Å². The number of rotatable bonds is 2. The Morgan fingerprint density at radius 1 is 0.929 bits per heavy atom. The molecule has 6 heteroatoms. The highest BCUT2D eigenvalue weighted by molar-refractivity contribution is 7.93. The number of hydrogen-bond donors (Lipinski definition) is 1. The first-order valence-electron chi connectivity index (χ1n) is 8.90. The molecular weight excluding hydrogens is 372 g/mol. The van der Waals surface area contributed by atoms with Crippen LogP contribution in [-0.4, -0.2) is 21.4 Å². The molecule has 0 unspecified atom stereocenters. The molecule has 0 saturated carbocycles. The van der Waals surface area contributed by atoms with Crippen molar-refractivity contribution in [2.24, 2.45) is 0 Å². The summed E-state index contributed by atoms with van der Waals surface area (Å²) in [7, 11) is -2.07. The van der Waals surface area contributed by atoms with Gasteiger partial charge in [-0.3, -0.25) is 9.10 Å². The average Bonchev–Trinajstić information content (AvgIpc) is 2.69. The fourth-order valence-corrected chi connectivity index (χ4v) is 4.84. The summed E-state index contributed by atoms with van der Waals surface area (Å²) in [6.07, 6.45) is 0. The largest absolute Gasteiger partial charge is 0.322 e. The third-order valence-electron chi connectivity index (χ3n) is 5.05. The van der Waals surface area contributed by atoms with Crippen LogP contribution in [0.2, 0.25) is 0 Å². The highest BCUT2D eigenvalue weighted by Gasteiger charge is 2.32. The van der Waals surface area contributed by atoms with Crippen molar-refractivity contribution in [3.8, 4) is 11.1 Å². The number of hydrogen-bond acceptors (Lipinski definition) is 3. The number of nitrogens with one attached hydrogen (secondary N) is 1. The molecule has 0 aliphatic carbocycles. The summed E-state index contributed by atoms with van der Waals surface area (Å²) in [5.41, 5.74) is 5.17. The molecule has 142 valence electrons. The van der Waals surface area contributed by atoms with Crippen LogP contribution in [0.1, 0.15) is 21.5 Å². The van der Waals surface area contributed by atoms with E-state index in [4.69, 9.17) is 0 Å². The Morgan fingerprint density at radius 3 is 2.46 bits per heavy atom. The van der Waals surface area contributed by atoms with Gasteiger partial charge < -0.3 is 5.32 Å². The summed E-state index contributed by atoms with van der Waals surface area (Å²) in [5, 5.41) is 2.95. The smallest absolute Gasteiger partial charge is 0.264 e. The van der Waals surface area contributed by atoms with Crippen molar-refractivity contribution in [2.75, 3.05) is 16.7 Å². The Bertz CT molecular complexity index is 1220. The third-order valence-corrected chi connectivity index (χ3v) is 6.88. The van der Waals surface area contributed by atoms with Gasteiger partial charge in [0.2, 0.25) is 0 Å². The molecule has 1 amide bonds. The molecule has 1 N–H and O–H groups in total. The molecule has 0 atom stereocenters. The summed E-state index contributed by atoms with van der Waals surface area (Å²) >= 11 is 0. The van der Waals surface area contributed by atoms with Crippen molar-refractivity contribution in [3.63, 3.8) is 0 Å². The first kappa shape index (κ1) is 18.3. The van der Waals surface area contributed by atoms with E-state index < -0.39 is 10.0 Å². The minimum absolute atomic E-state index is 0.231. The lowest BCUT2D eigenvalue weighted by atomic mass is 10.00. The Labute approximate surface area is 164 Å². The maximum Gasteiger partial charge on any atom is 0.264 e. The molecular formula is C22H20N2O3S. The minimum atomic E-state index is -3.59. The summed E-state index contributed by atoms with van der Waals surface area (Å²) < 4.78 is 26.7. The van der Waals surface area contributed by atoms with Crippen LogP contribution in [0.3, 0.4) is 0 Å². The number of nitrogens with zero attached hydrogens (tertiary/aromatic N) is 1. The zero-order chi connectivity index (χ0) is 20.1. The van der Waals surface area contributed by atoms with E-state index in [1.165, 1.54) is 11.4 Å². The summed E-state index contributed by atoms with van der Waals surface area (Å²) in [6, 6.07) is 17.8. The van der Waals surface area contributed by atoms with E-state index in [-0.39, 0.29) is 10.8 Å². The number of carbonyl (C=O) groups excluding carboxylic acids is 1. The van der Waals surface area contributed by atoms with Crippen molar-refractivity contribution in [1.82, 2.24) is 0 Å². The molecule has 0 aromatic heterocycles. The molecule has 0 radical (unpaired) electrons. The number of amides is 1. The van der Waals surface area contributed by atoms with Gasteiger partial charge in [-0.15, -0.1) is 0 Å². The van der Waals surface area contributed by atoms with E-state index in [0.717, 1.165) is 22.4 Å². The molecule has 1 aliphatic rings. The fourth-order valence-electron chi connectivity index (χ4n) is 3.42. The summed E-state index contributed by atoms with van der Waals surface area (Å²) in [5.74, 6) is -0.231. The summed E-state index contributed by atoms with van der Waals surface area (Å²) in [6.45, 7) is 3.92. The molecule has 4 rings (SSSR count). The van der Waals surface area contributed by atoms with Crippen molar-refractivity contribution in [1.29, 1.82) is 0 Å². The Kier molecular flexibility index (Phi) is 4.23. The van der Waals surface area contributed by atoms with E-state index >= 15 is 0 Å².